The van der Waals surface area contributed by atoms with Gasteiger partial charge in [0.2, 0.25) is 0 Å². The zero-order chi connectivity index (χ0) is 15.1. The number of thiocarbonyl (C=S) groups is 1. The molecule has 2 N–H and O–H groups in total. The lowest BCUT2D eigenvalue weighted by Crippen LogP contribution is -2.33. The van der Waals surface area contributed by atoms with Crippen molar-refractivity contribution in [3.05, 3.63) is 23.8 Å². The van der Waals surface area contributed by atoms with E-state index in [1.54, 1.807) is 30.2 Å². The van der Waals surface area contributed by atoms with E-state index >= 15 is 0 Å². The van der Waals surface area contributed by atoms with E-state index in [9.17, 15) is 4.79 Å². The van der Waals surface area contributed by atoms with Gasteiger partial charge in [0.15, 0.2) is 11.5 Å². The topological polar surface area (TPSA) is 64.8 Å². The highest BCUT2D eigenvalue weighted by atomic mass is 32.1. The maximum Gasteiger partial charge on any atom is 0.253 e. The maximum atomic E-state index is 12.4. The number of ether oxygens (including phenoxy) is 2. The molecule has 0 saturated carbocycles. The molecule has 0 saturated heterocycles. The fourth-order valence-corrected chi connectivity index (χ4v) is 1.89. The molecular formula is C14H20N2O3S. The summed E-state index contributed by atoms with van der Waals surface area (Å²) in [5, 5.41) is 0. The fraction of sp³-hybridized carbons (Fsp3) is 0.429. The molecule has 1 aromatic carbocycles. The van der Waals surface area contributed by atoms with Gasteiger partial charge in [-0.05, 0) is 25.1 Å². The van der Waals surface area contributed by atoms with Gasteiger partial charge in [-0.1, -0.05) is 12.2 Å². The van der Waals surface area contributed by atoms with Crippen LogP contribution in [-0.4, -0.2) is 43.1 Å². The number of carbonyl (C=O) groups is 1. The summed E-state index contributed by atoms with van der Waals surface area (Å²) < 4.78 is 10.4. The van der Waals surface area contributed by atoms with Crippen LogP contribution >= 0.6 is 12.2 Å². The highest BCUT2D eigenvalue weighted by Crippen LogP contribution is 2.28. The summed E-state index contributed by atoms with van der Waals surface area (Å²) in [6.45, 7) is 3.02. The zero-order valence-corrected chi connectivity index (χ0v) is 12.8. The second-order valence-corrected chi connectivity index (χ2v) is 4.70. The Morgan fingerprint density at radius 3 is 2.45 bits per heavy atom. The molecule has 0 fully saturated rings. The van der Waals surface area contributed by atoms with E-state index in [0.29, 0.717) is 41.6 Å². The molecule has 1 amide bonds. The van der Waals surface area contributed by atoms with Gasteiger partial charge in [0.1, 0.15) is 0 Å². The Bertz CT molecular complexity index is 491. The summed E-state index contributed by atoms with van der Waals surface area (Å²) in [6.07, 6.45) is 0.516. The Morgan fingerprint density at radius 2 is 1.95 bits per heavy atom. The zero-order valence-electron chi connectivity index (χ0n) is 12.0. The third-order valence-electron chi connectivity index (χ3n) is 2.93. The van der Waals surface area contributed by atoms with Crippen LogP contribution in [0.25, 0.3) is 0 Å². The van der Waals surface area contributed by atoms with Crippen LogP contribution in [-0.2, 0) is 0 Å². The molecule has 5 nitrogen and oxygen atoms in total. The summed E-state index contributed by atoms with van der Waals surface area (Å²) in [4.78, 5) is 14.5. The average Bonchev–Trinajstić information content (AvgIpc) is 2.46. The number of hydrogen-bond acceptors (Lipinski definition) is 4. The number of rotatable bonds is 7. The van der Waals surface area contributed by atoms with E-state index in [-0.39, 0.29) is 5.91 Å². The monoisotopic (exact) mass is 296 g/mol. The molecular weight excluding hydrogens is 276 g/mol. The number of hydrogen-bond donors (Lipinski definition) is 1. The molecule has 0 atom stereocenters. The van der Waals surface area contributed by atoms with Gasteiger partial charge in [-0.25, -0.2) is 0 Å². The third-order valence-corrected chi connectivity index (χ3v) is 3.13. The van der Waals surface area contributed by atoms with E-state index in [1.807, 2.05) is 6.92 Å². The van der Waals surface area contributed by atoms with Crippen molar-refractivity contribution in [1.29, 1.82) is 0 Å². The molecule has 110 valence electrons. The molecule has 20 heavy (non-hydrogen) atoms. The van der Waals surface area contributed by atoms with Crippen LogP contribution in [0.1, 0.15) is 23.7 Å². The molecule has 0 aliphatic heterocycles. The molecule has 0 bridgehead atoms. The number of nitrogens with zero attached hydrogens (tertiary/aromatic N) is 1. The van der Waals surface area contributed by atoms with E-state index in [1.165, 1.54) is 7.11 Å². The van der Waals surface area contributed by atoms with E-state index in [4.69, 9.17) is 27.4 Å². The first-order valence-corrected chi connectivity index (χ1v) is 6.73. The number of benzene rings is 1. The Labute approximate surface area is 124 Å². The lowest BCUT2D eigenvalue weighted by molar-refractivity contribution is 0.0768. The number of carbonyl (C=O) groups excluding carboxylic acids is 1. The van der Waals surface area contributed by atoms with Crippen LogP contribution in [0, 0.1) is 0 Å². The predicted octanol–water partition coefficient (Wildman–Crippen LogP) is 1.84. The molecule has 0 unspecified atom stereocenters. The first kappa shape index (κ1) is 16.2. The van der Waals surface area contributed by atoms with Gasteiger partial charge in [0, 0.05) is 25.1 Å². The molecule has 6 heteroatoms. The summed E-state index contributed by atoms with van der Waals surface area (Å²) in [5.74, 6) is 1.05. The maximum absolute atomic E-state index is 12.4. The van der Waals surface area contributed by atoms with Gasteiger partial charge in [-0.15, -0.1) is 0 Å². The van der Waals surface area contributed by atoms with Crippen molar-refractivity contribution in [2.24, 2.45) is 5.73 Å². The lowest BCUT2D eigenvalue weighted by atomic mass is 10.1. The van der Waals surface area contributed by atoms with E-state index in [2.05, 4.69) is 0 Å². The standard InChI is InChI=1S/C14H20N2O3S/c1-4-16(8-7-13(15)20)14(17)10-5-6-11(18-2)12(9-10)19-3/h5-6,9H,4,7-8H2,1-3H3,(H2,15,20). The van der Waals surface area contributed by atoms with Crippen molar-refractivity contribution in [1.82, 2.24) is 4.90 Å². The summed E-state index contributed by atoms with van der Waals surface area (Å²) in [7, 11) is 3.09. The Kier molecular flexibility index (Phi) is 6.24. The first-order valence-electron chi connectivity index (χ1n) is 6.33. The Morgan fingerprint density at radius 1 is 1.30 bits per heavy atom. The van der Waals surface area contributed by atoms with E-state index < -0.39 is 0 Å². The number of amides is 1. The number of methoxy groups -OCH3 is 2. The smallest absolute Gasteiger partial charge is 0.253 e. The van der Waals surface area contributed by atoms with Crippen LogP contribution < -0.4 is 15.2 Å². The molecule has 0 aliphatic rings. The van der Waals surface area contributed by atoms with Crippen molar-refractivity contribution in [3.63, 3.8) is 0 Å². The SMILES string of the molecule is CCN(CCC(N)=S)C(=O)c1ccc(OC)c(OC)c1. The van der Waals surface area contributed by atoms with Crippen LogP contribution in [0.3, 0.4) is 0 Å². The normalized spacial score (nSPS) is 9.95. The quantitative estimate of drug-likeness (QED) is 0.778. The summed E-state index contributed by atoms with van der Waals surface area (Å²) in [6, 6.07) is 5.10. The molecule has 0 aliphatic carbocycles. The Balaban J connectivity index is 2.91. The lowest BCUT2D eigenvalue weighted by Gasteiger charge is -2.21. The first-order chi connectivity index (χ1) is 9.53. The van der Waals surface area contributed by atoms with Crippen molar-refractivity contribution in [3.8, 4) is 11.5 Å². The minimum atomic E-state index is -0.0790. The minimum Gasteiger partial charge on any atom is -0.493 e. The van der Waals surface area contributed by atoms with Crippen LogP contribution in [0.4, 0.5) is 0 Å². The molecule has 0 radical (unpaired) electrons. The second kappa shape index (κ2) is 7.69. The van der Waals surface area contributed by atoms with Gasteiger partial charge in [0.05, 0.1) is 19.2 Å². The molecule has 0 aromatic heterocycles. The summed E-state index contributed by atoms with van der Waals surface area (Å²) in [5.41, 5.74) is 6.02. The van der Waals surface area contributed by atoms with Crippen LogP contribution in [0.15, 0.2) is 18.2 Å². The van der Waals surface area contributed by atoms with E-state index in [0.717, 1.165) is 0 Å². The Hall–Kier alpha value is -1.82. The summed E-state index contributed by atoms with van der Waals surface area (Å²) >= 11 is 4.84. The highest BCUT2D eigenvalue weighted by Gasteiger charge is 2.16. The van der Waals surface area contributed by atoms with Gasteiger partial charge < -0.3 is 20.1 Å². The van der Waals surface area contributed by atoms with Gasteiger partial charge in [0.25, 0.3) is 5.91 Å². The van der Waals surface area contributed by atoms with Crippen molar-refractivity contribution in [2.75, 3.05) is 27.3 Å². The third kappa shape index (κ3) is 4.09. The van der Waals surface area contributed by atoms with Crippen molar-refractivity contribution < 1.29 is 14.3 Å². The molecule has 1 rings (SSSR count). The largest absolute Gasteiger partial charge is 0.493 e. The van der Waals surface area contributed by atoms with Gasteiger partial charge in [-0.2, -0.15) is 0 Å². The molecule has 0 heterocycles. The predicted molar refractivity (Wildman–Crippen MR) is 82.5 cm³/mol. The van der Waals surface area contributed by atoms with Gasteiger partial charge in [-0.3, -0.25) is 4.79 Å². The average molecular weight is 296 g/mol. The number of nitrogens with two attached hydrogens (primary N) is 1. The van der Waals surface area contributed by atoms with Gasteiger partial charge >= 0.3 is 0 Å². The van der Waals surface area contributed by atoms with Crippen molar-refractivity contribution in [2.45, 2.75) is 13.3 Å². The fourth-order valence-electron chi connectivity index (χ4n) is 1.80. The van der Waals surface area contributed by atoms with Crippen molar-refractivity contribution >= 4 is 23.1 Å². The second-order valence-electron chi connectivity index (χ2n) is 4.17. The minimum absolute atomic E-state index is 0.0790. The highest BCUT2D eigenvalue weighted by molar-refractivity contribution is 7.80. The van der Waals surface area contributed by atoms with Crippen LogP contribution in [0.5, 0.6) is 11.5 Å². The molecule has 0 spiro atoms. The molecule has 1 aromatic rings. The van der Waals surface area contributed by atoms with Crippen LogP contribution in [0.2, 0.25) is 0 Å².